The number of nitrogens with one attached hydrogen (secondary N) is 1. The van der Waals surface area contributed by atoms with Gasteiger partial charge in [0.2, 0.25) is 5.91 Å². The molecule has 0 saturated heterocycles. The van der Waals surface area contributed by atoms with Crippen LogP contribution in [-0.2, 0) is 14.3 Å². The average molecular weight is 310 g/mol. The first-order valence-electron chi connectivity index (χ1n) is 7.43. The molecule has 0 unspecified atom stereocenters. The van der Waals surface area contributed by atoms with Gasteiger partial charge in [-0.3, -0.25) is 9.59 Å². The molecule has 21 heavy (non-hydrogen) atoms. The molecule has 0 radical (unpaired) electrons. The van der Waals surface area contributed by atoms with E-state index in [9.17, 15) is 9.59 Å². The molecule has 1 aliphatic carbocycles. The third kappa shape index (κ3) is 5.12. The van der Waals surface area contributed by atoms with Gasteiger partial charge in [-0.1, -0.05) is 13.8 Å². The van der Waals surface area contributed by atoms with Crippen LogP contribution in [0.25, 0.3) is 0 Å². The molecular weight excluding hydrogens is 288 g/mol. The first-order valence-corrected chi connectivity index (χ1v) is 8.31. The van der Waals surface area contributed by atoms with Crippen LogP contribution in [0.2, 0.25) is 0 Å². The second-order valence-corrected chi connectivity index (χ2v) is 6.66. The van der Waals surface area contributed by atoms with Crippen LogP contribution in [0, 0.1) is 11.8 Å². The SMILES string of the molecule is C[C@@H]1CC[C@H](OC(=O)CCC(=O)Nc2nccs2)C[C@H]1C. The molecule has 1 N–H and O–H groups in total. The Hall–Kier alpha value is -1.43. The van der Waals surface area contributed by atoms with Crippen LogP contribution in [0.5, 0.6) is 0 Å². The van der Waals surface area contributed by atoms with E-state index in [1.54, 1.807) is 11.6 Å². The van der Waals surface area contributed by atoms with Crippen LogP contribution in [0.3, 0.4) is 0 Å². The molecule has 1 saturated carbocycles. The normalized spacial score (nSPS) is 25.3. The summed E-state index contributed by atoms with van der Waals surface area (Å²) in [6.07, 6.45) is 4.87. The van der Waals surface area contributed by atoms with Crippen molar-refractivity contribution in [3.8, 4) is 0 Å². The monoisotopic (exact) mass is 310 g/mol. The molecule has 1 aliphatic rings. The number of aromatic nitrogens is 1. The molecule has 1 aromatic rings. The lowest BCUT2D eigenvalue weighted by Gasteiger charge is -2.31. The van der Waals surface area contributed by atoms with E-state index in [4.69, 9.17) is 4.74 Å². The molecule has 5 nitrogen and oxygen atoms in total. The van der Waals surface area contributed by atoms with Crippen LogP contribution in [-0.4, -0.2) is 23.0 Å². The van der Waals surface area contributed by atoms with Crippen molar-refractivity contribution in [2.24, 2.45) is 11.8 Å². The van der Waals surface area contributed by atoms with Crippen molar-refractivity contribution in [3.05, 3.63) is 11.6 Å². The summed E-state index contributed by atoms with van der Waals surface area (Å²) in [5.74, 6) is 0.803. The second kappa shape index (κ2) is 7.54. The molecule has 0 aliphatic heterocycles. The highest BCUT2D eigenvalue weighted by atomic mass is 32.1. The maximum absolute atomic E-state index is 11.8. The average Bonchev–Trinajstić information content (AvgIpc) is 2.93. The number of carbonyl (C=O) groups is 2. The van der Waals surface area contributed by atoms with Crippen molar-refractivity contribution in [1.29, 1.82) is 0 Å². The third-order valence-corrected chi connectivity index (χ3v) is 4.77. The molecule has 0 aromatic carbocycles. The van der Waals surface area contributed by atoms with Crippen LogP contribution in [0.4, 0.5) is 5.13 Å². The number of rotatable bonds is 5. The molecule has 2 rings (SSSR count). The summed E-state index contributed by atoms with van der Waals surface area (Å²) in [6.45, 7) is 4.44. The minimum absolute atomic E-state index is 0.0192. The topological polar surface area (TPSA) is 68.3 Å². The van der Waals surface area contributed by atoms with Gasteiger partial charge in [0.25, 0.3) is 0 Å². The van der Waals surface area contributed by atoms with Crippen LogP contribution >= 0.6 is 11.3 Å². The van der Waals surface area contributed by atoms with E-state index in [-0.39, 0.29) is 30.8 Å². The Morgan fingerprint density at radius 2 is 2.14 bits per heavy atom. The van der Waals surface area contributed by atoms with Crippen molar-refractivity contribution in [2.75, 3.05) is 5.32 Å². The van der Waals surface area contributed by atoms with E-state index >= 15 is 0 Å². The molecule has 3 atom stereocenters. The summed E-state index contributed by atoms with van der Waals surface area (Å²) in [7, 11) is 0. The third-order valence-electron chi connectivity index (χ3n) is 4.08. The zero-order chi connectivity index (χ0) is 15.2. The minimum Gasteiger partial charge on any atom is -0.462 e. The first kappa shape index (κ1) is 15.9. The summed E-state index contributed by atoms with van der Waals surface area (Å²) >= 11 is 1.36. The minimum atomic E-state index is -0.281. The van der Waals surface area contributed by atoms with E-state index < -0.39 is 0 Å². The van der Waals surface area contributed by atoms with E-state index in [0.29, 0.717) is 17.0 Å². The van der Waals surface area contributed by atoms with Gasteiger partial charge in [-0.05, 0) is 31.1 Å². The highest BCUT2D eigenvalue weighted by Gasteiger charge is 2.27. The first-order chi connectivity index (χ1) is 10.0. The fraction of sp³-hybridized carbons (Fsp3) is 0.667. The fourth-order valence-electron chi connectivity index (χ4n) is 2.53. The van der Waals surface area contributed by atoms with Gasteiger partial charge in [-0.25, -0.2) is 4.98 Å². The number of carbonyl (C=O) groups excluding carboxylic acids is 2. The standard InChI is InChI=1S/C15H22N2O3S/c1-10-3-4-12(9-11(10)2)20-14(19)6-5-13(18)17-15-16-7-8-21-15/h7-8,10-12H,3-6,9H2,1-2H3,(H,16,17,18)/t10-,11-,12+/m1/s1. The highest BCUT2D eigenvalue weighted by molar-refractivity contribution is 7.13. The van der Waals surface area contributed by atoms with Crippen molar-refractivity contribution in [1.82, 2.24) is 4.98 Å². The summed E-state index contributed by atoms with van der Waals surface area (Å²) in [5, 5.41) is 5.00. The van der Waals surface area contributed by atoms with E-state index in [2.05, 4.69) is 24.1 Å². The van der Waals surface area contributed by atoms with Gasteiger partial charge in [0.15, 0.2) is 5.13 Å². The van der Waals surface area contributed by atoms with E-state index in [1.165, 1.54) is 11.3 Å². The molecule has 1 fully saturated rings. The van der Waals surface area contributed by atoms with Crippen LogP contribution in [0.1, 0.15) is 46.0 Å². The zero-order valence-electron chi connectivity index (χ0n) is 12.5. The lowest BCUT2D eigenvalue weighted by molar-refractivity contribution is -0.152. The fourth-order valence-corrected chi connectivity index (χ4v) is 3.08. The Morgan fingerprint density at radius 1 is 1.33 bits per heavy atom. The number of anilines is 1. The molecule has 0 bridgehead atoms. The number of hydrogen-bond donors (Lipinski definition) is 1. The summed E-state index contributed by atoms with van der Waals surface area (Å²) < 4.78 is 5.46. The lowest BCUT2D eigenvalue weighted by atomic mass is 9.80. The molecule has 1 aromatic heterocycles. The van der Waals surface area contributed by atoms with Crippen molar-refractivity contribution < 1.29 is 14.3 Å². The van der Waals surface area contributed by atoms with Gasteiger partial charge >= 0.3 is 5.97 Å². The quantitative estimate of drug-likeness (QED) is 0.848. The molecule has 6 heteroatoms. The second-order valence-electron chi connectivity index (χ2n) is 5.76. The van der Waals surface area contributed by atoms with Gasteiger partial charge in [0.1, 0.15) is 6.10 Å². The largest absolute Gasteiger partial charge is 0.462 e. The molecule has 1 heterocycles. The van der Waals surface area contributed by atoms with Gasteiger partial charge in [-0.15, -0.1) is 11.3 Å². The summed E-state index contributed by atoms with van der Waals surface area (Å²) in [6, 6.07) is 0. The molecule has 1 amide bonds. The predicted molar refractivity (Wildman–Crippen MR) is 82.0 cm³/mol. The Morgan fingerprint density at radius 3 is 2.81 bits per heavy atom. The highest BCUT2D eigenvalue weighted by Crippen LogP contribution is 2.31. The predicted octanol–water partition coefficient (Wildman–Crippen LogP) is 3.23. The summed E-state index contributed by atoms with van der Waals surface area (Å²) in [5.41, 5.74) is 0. The van der Waals surface area contributed by atoms with Gasteiger partial charge in [-0.2, -0.15) is 0 Å². The molecule has 0 spiro atoms. The number of nitrogens with zero attached hydrogens (tertiary/aromatic N) is 1. The maximum Gasteiger partial charge on any atom is 0.306 e. The number of thiazole rings is 1. The van der Waals surface area contributed by atoms with Gasteiger partial charge < -0.3 is 10.1 Å². The Kier molecular flexibility index (Phi) is 5.73. The van der Waals surface area contributed by atoms with Gasteiger partial charge in [0.05, 0.1) is 6.42 Å². The Bertz CT molecular complexity index is 475. The number of esters is 1. The van der Waals surface area contributed by atoms with Crippen LogP contribution < -0.4 is 5.32 Å². The maximum atomic E-state index is 11.8. The lowest BCUT2D eigenvalue weighted by Crippen LogP contribution is -2.29. The molecule has 116 valence electrons. The van der Waals surface area contributed by atoms with Crippen molar-refractivity contribution >= 4 is 28.3 Å². The Balaban J connectivity index is 1.66. The number of amides is 1. The van der Waals surface area contributed by atoms with E-state index in [0.717, 1.165) is 19.3 Å². The number of hydrogen-bond acceptors (Lipinski definition) is 5. The van der Waals surface area contributed by atoms with Gasteiger partial charge in [0, 0.05) is 18.0 Å². The van der Waals surface area contributed by atoms with Crippen molar-refractivity contribution in [3.63, 3.8) is 0 Å². The number of ether oxygens (including phenoxy) is 1. The van der Waals surface area contributed by atoms with Crippen molar-refractivity contribution in [2.45, 2.75) is 52.1 Å². The smallest absolute Gasteiger partial charge is 0.306 e. The van der Waals surface area contributed by atoms with E-state index in [1.807, 2.05) is 0 Å². The summed E-state index contributed by atoms with van der Waals surface area (Å²) in [4.78, 5) is 27.4. The van der Waals surface area contributed by atoms with Crippen LogP contribution in [0.15, 0.2) is 11.6 Å². The zero-order valence-corrected chi connectivity index (χ0v) is 13.3. The molecular formula is C15H22N2O3S. The Labute approximate surface area is 129 Å².